The Labute approximate surface area is 111 Å². The van der Waals surface area contributed by atoms with Crippen LogP contribution < -0.4 is 0 Å². The summed E-state index contributed by atoms with van der Waals surface area (Å²) in [6.45, 7) is 5.77. The summed E-state index contributed by atoms with van der Waals surface area (Å²) >= 11 is 0. The molecule has 1 aliphatic heterocycles. The van der Waals surface area contributed by atoms with Crippen molar-refractivity contribution in [1.29, 1.82) is 0 Å². The Morgan fingerprint density at radius 3 is 2.61 bits per heavy atom. The number of hydrogen-bond donors (Lipinski definition) is 1. The third-order valence-corrected chi connectivity index (χ3v) is 4.90. The van der Waals surface area contributed by atoms with Crippen LogP contribution in [0.3, 0.4) is 0 Å². The Balaban J connectivity index is 2.04. The molecule has 2 rings (SSSR count). The van der Waals surface area contributed by atoms with Gasteiger partial charge in [0.05, 0.1) is 6.42 Å². The average Bonchev–Trinajstić information content (AvgIpc) is 2.76. The number of rotatable bonds is 4. The smallest absolute Gasteiger partial charge is 0.304 e. The molecule has 1 N–H and O–H groups in total. The van der Waals surface area contributed by atoms with Crippen molar-refractivity contribution in [2.45, 2.75) is 70.9 Å². The van der Waals surface area contributed by atoms with Gasteiger partial charge in [-0.3, -0.25) is 9.69 Å². The standard InChI is InChI=1S/C15H27NO2/c1-11(2)13-7-3-4-8-14(13)16-9-5-6-12(16)10-15(17)18/h11-14H,3-10H2,1-2H3,(H,17,18). The Kier molecular flexibility index (Phi) is 4.66. The van der Waals surface area contributed by atoms with Crippen LogP contribution in [0.1, 0.15) is 58.8 Å². The molecule has 3 unspecified atom stereocenters. The van der Waals surface area contributed by atoms with Crippen LogP contribution >= 0.6 is 0 Å². The van der Waals surface area contributed by atoms with Gasteiger partial charge in [0.25, 0.3) is 0 Å². The van der Waals surface area contributed by atoms with Crippen molar-refractivity contribution in [2.24, 2.45) is 11.8 Å². The summed E-state index contributed by atoms with van der Waals surface area (Å²) in [6.07, 6.45) is 7.88. The van der Waals surface area contributed by atoms with Gasteiger partial charge in [0.1, 0.15) is 0 Å². The molecule has 0 spiro atoms. The second-order valence-corrected chi connectivity index (χ2v) is 6.39. The number of hydrogen-bond acceptors (Lipinski definition) is 2. The van der Waals surface area contributed by atoms with E-state index in [1.807, 2.05) is 0 Å². The molecule has 0 aromatic heterocycles. The Hall–Kier alpha value is -0.570. The van der Waals surface area contributed by atoms with Crippen LogP contribution in [0.15, 0.2) is 0 Å². The summed E-state index contributed by atoms with van der Waals surface area (Å²) in [6, 6.07) is 0.942. The summed E-state index contributed by atoms with van der Waals surface area (Å²) in [4.78, 5) is 13.5. The van der Waals surface area contributed by atoms with Crippen molar-refractivity contribution < 1.29 is 9.90 Å². The second-order valence-electron chi connectivity index (χ2n) is 6.39. The molecule has 0 radical (unpaired) electrons. The molecule has 0 amide bonds. The molecule has 0 aromatic carbocycles. The van der Waals surface area contributed by atoms with Gasteiger partial charge in [0, 0.05) is 12.1 Å². The molecule has 2 aliphatic rings. The molecule has 1 aliphatic carbocycles. The van der Waals surface area contributed by atoms with Crippen LogP contribution in [0.25, 0.3) is 0 Å². The molecule has 18 heavy (non-hydrogen) atoms. The van der Waals surface area contributed by atoms with Crippen molar-refractivity contribution in [1.82, 2.24) is 4.90 Å². The lowest BCUT2D eigenvalue weighted by Gasteiger charge is -2.42. The van der Waals surface area contributed by atoms with Gasteiger partial charge in [0.2, 0.25) is 0 Å². The minimum atomic E-state index is -0.635. The fraction of sp³-hybridized carbons (Fsp3) is 0.933. The van der Waals surface area contributed by atoms with Crippen LogP contribution in [0.2, 0.25) is 0 Å². The van der Waals surface area contributed by atoms with Crippen LogP contribution in [-0.4, -0.2) is 34.6 Å². The summed E-state index contributed by atoms with van der Waals surface area (Å²) in [5.41, 5.74) is 0. The maximum Gasteiger partial charge on any atom is 0.304 e. The maximum absolute atomic E-state index is 11.0. The Bertz CT molecular complexity index is 290. The lowest BCUT2D eigenvalue weighted by atomic mass is 9.77. The predicted octanol–water partition coefficient (Wildman–Crippen LogP) is 3.14. The van der Waals surface area contributed by atoms with Gasteiger partial charge in [-0.25, -0.2) is 0 Å². The highest BCUT2D eigenvalue weighted by Crippen LogP contribution is 2.37. The van der Waals surface area contributed by atoms with E-state index in [9.17, 15) is 4.79 Å². The fourth-order valence-electron chi connectivity index (χ4n) is 4.04. The number of nitrogens with zero attached hydrogens (tertiary/aromatic N) is 1. The molecule has 104 valence electrons. The first-order valence-corrected chi connectivity index (χ1v) is 7.57. The number of aliphatic carboxylic acids is 1. The van der Waals surface area contributed by atoms with E-state index in [2.05, 4.69) is 18.7 Å². The maximum atomic E-state index is 11.0. The largest absolute Gasteiger partial charge is 0.481 e. The monoisotopic (exact) mass is 253 g/mol. The van der Waals surface area contributed by atoms with E-state index in [1.54, 1.807) is 0 Å². The fourth-order valence-corrected chi connectivity index (χ4v) is 4.04. The van der Waals surface area contributed by atoms with E-state index in [1.165, 1.54) is 32.1 Å². The van der Waals surface area contributed by atoms with Gasteiger partial charge >= 0.3 is 5.97 Å². The zero-order chi connectivity index (χ0) is 13.1. The van der Waals surface area contributed by atoms with Gasteiger partial charge in [-0.05, 0) is 44.1 Å². The topological polar surface area (TPSA) is 40.5 Å². The normalized spacial score (nSPS) is 34.1. The van der Waals surface area contributed by atoms with Crippen LogP contribution in [0.5, 0.6) is 0 Å². The molecule has 3 heteroatoms. The van der Waals surface area contributed by atoms with E-state index in [0.29, 0.717) is 18.5 Å². The van der Waals surface area contributed by atoms with Gasteiger partial charge in [0.15, 0.2) is 0 Å². The van der Waals surface area contributed by atoms with Crippen LogP contribution in [0, 0.1) is 11.8 Å². The Morgan fingerprint density at radius 2 is 1.94 bits per heavy atom. The summed E-state index contributed by atoms with van der Waals surface area (Å²) < 4.78 is 0. The number of carboxylic acid groups (broad SMARTS) is 1. The molecular formula is C15H27NO2. The first-order chi connectivity index (χ1) is 8.59. The molecule has 3 nitrogen and oxygen atoms in total. The molecule has 1 heterocycles. The van der Waals surface area contributed by atoms with E-state index >= 15 is 0 Å². The third kappa shape index (κ3) is 3.05. The summed E-state index contributed by atoms with van der Waals surface area (Å²) in [5, 5.41) is 9.04. The lowest BCUT2D eigenvalue weighted by molar-refractivity contribution is -0.138. The third-order valence-electron chi connectivity index (χ3n) is 4.90. The molecule has 2 fully saturated rings. The van der Waals surface area contributed by atoms with Gasteiger partial charge < -0.3 is 5.11 Å². The highest BCUT2D eigenvalue weighted by atomic mass is 16.4. The number of carbonyl (C=O) groups is 1. The van der Waals surface area contributed by atoms with Crippen molar-refractivity contribution in [3.63, 3.8) is 0 Å². The number of likely N-dealkylation sites (tertiary alicyclic amines) is 1. The van der Waals surface area contributed by atoms with Crippen LogP contribution in [0.4, 0.5) is 0 Å². The zero-order valence-electron chi connectivity index (χ0n) is 11.8. The quantitative estimate of drug-likeness (QED) is 0.836. The highest BCUT2D eigenvalue weighted by molar-refractivity contribution is 5.67. The SMILES string of the molecule is CC(C)C1CCCCC1N1CCCC1CC(=O)O. The van der Waals surface area contributed by atoms with Gasteiger partial charge in [-0.1, -0.05) is 26.7 Å². The van der Waals surface area contributed by atoms with E-state index in [0.717, 1.165) is 24.8 Å². The zero-order valence-corrected chi connectivity index (χ0v) is 11.8. The molecule has 1 saturated heterocycles. The van der Waals surface area contributed by atoms with E-state index < -0.39 is 5.97 Å². The highest BCUT2D eigenvalue weighted by Gasteiger charge is 2.38. The lowest BCUT2D eigenvalue weighted by Crippen LogP contribution is -2.47. The second kappa shape index (κ2) is 6.05. The molecular weight excluding hydrogens is 226 g/mol. The minimum absolute atomic E-state index is 0.298. The van der Waals surface area contributed by atoms with Crippen LogP contribution in [-0.2, 0) is 4.79 Å². The molecule has 3 atom stereocenters. The van der Waals surface area contributed by atoms with Crippen molar-refractivity contribution >= 4 is 5.97 Å². The number of carboxylic acids is 1. The average molecular weight is 253 g/mol. The van der Waals surface area contributed by atoms with Gasteiger partial charge in [-0.2, -0.15) is 0 Å². The van der Waals surface area contributed by atoms with E-state index in [-0.39, 0.29) is 0 Å². The first kappa shape index (κ1) is 13.9. The summed E-state index contributed by atoms with van der Waals surface area (Å²) in [7, 11) is 0. The molecule has 1 saturated carbocycles. The van der Waals surface area contributed by atoms with Gasteiger partial charge in [-0.15, -0.1) is 0 Å². The first-order valence-electron chi connectivity index (χ1n) is 7.57. The van der Waals surface area contributed by atoms with Crippen molar-refractivity contribution in [2.75, 3.05) is 6.54 Å². The minimum Gasteiger partial charge on any atom is -0.481 e. The Morgan fingerprint density at radius 1 is 1.22 bits per heavy atom. The molecule has 0 bridgehead atoms. The molecule has 0 aromatic rings. The predicted molar refractivity (Wildman–Crippen MR) is 72.6 cm³/mol. The van der Waals surface area contributed by atoms with Crippen molar-refractivity contribution in [3.05, 3.63) is 0 Å². The summed E-state index contributed by atoms with van der Waals surface area (Å²) in [5.74, 6) is 0.860. The van der Waals surface area contributed by atoms with E-state index in [4.69, 9.17) is 5.11 Å². The van der Waals surface area contributed by atoms with Crippen molar-refractivity contribution in [3.8, 4) is 0 Å².